The lowest BCUT2D eigenvalue weighted by Gasteiger charge is -2.17. The minimum absolute atomic E-state index is 0.187. The molecular weight excluding hydrogens is 200 g/mol. The van der Waals surface area contributed by atoms with E-state index in [4.69, 9.17) is 5.73 Å². The van der Waals surface area contributed by atoms with Gasteiger partial charge in [-0.05, 0) is 43.1 Å². The molecule has 3 unspecified atom stereocenters. The van der Waals surface area contributed by atoms with Crippen LogP contribution >= 0.6 is 0 Å². The maximum Gasteiger partial charge on any atom is 0.223 e. The van der Waals surface area contributed by atoms with Crippen molar-refractivity contribution in [3.8, 4) is 0 Å². The van der Waals surface area contributed by atoms with Crippen molar-refractivity contribution in [2.75, 3.05) is 13.1 Å². The summed E-state index contributed by atoms with van der Waals surface area (Å²) in [7, 11) is 0. The van der Waals surface area contributed by atoms with Crippen LogP contribution in [0.2, 0.25) is 0 Å². The second kappa shape index (κ2) is 4.36. The molecule has 0 aromatic rings. The second-order valence-corrected chi connectivity index (χ2v) is 6.17. The summed E-state index contributed by atoms with van der Waals surface area (Å²) in [5.41, 5.74) is 6.15. The van der Waals surface area contributed by atoms with Gasteiger partial charge in [-0.25, -0.2) is 0 Å². The van der Waals surface area contributed by atoms with E-state index < -0.39 is 0 Å². The Hall–Kier alpha value is -0.570. The number of carbonyl (C=O) groups excluding carboxylic acids is 1. The van der Waals surface area contributed by atoms with Crippen LogP contribution in [0.15, 0.2) is 0 Å². The third-order valence-electron chi connectivity index (χ3n) is 4.54. The van der Waals surface area contributed by atoms with E-state index in [1.165, 1.54) is 6.42 Å². The van der Waals surface area contributed by atoms with Gasteiger partial charge < -0.3 is 11.1 Å². The summed E-state index contributed by atoms with van der Waals surface area (Å²) in [6.07, 6.45) is 4.57. The first-order chi connectivity index (χ1) is 7.54. The summed E-state index contributed by atoms with van der Waals surface area (Å²) in [6.45, 7) is 6.05. The molecule has 0 aromatic heterocycles. The van der Waals surface area contributed by atoms with Crippen LogP contribution in [0.4, 0.5) is 0 Å². The minimum atomic E-state index is 0.187. The number of nitrogens with one attached hydrogen (secondary N) is 1. The Morgan fingerprint density at radius 2 is 2.12 bits per heavy atom. The molecule has 3 N–H and O–H groups in total. The minimum Gasteiger partial charge on any atom is -0.356 e. The number of hydrogen-bond donors (Lipinski definition) is 2. The normalized spacial score (nSPS) is 36.1. The third-order valence-corrected chi connectivity index (χ3v) is 4.54. The fourth-order valence-corrected chi connectivity index (χ4v) is 2.94. The van der Waals surface area contributed by atoms with Gasteiger partial charge in [0.05, 0.1) is 0 Å². The Bertz CT molecular complexity index is 275. The zero-order chi connectivity index (χ0) is 11.8. The van der Waals surface area contributed by atoms with Crippen LogP contribution in [0.3, 0.4) is 0 Å². The molecule has 2 fully saturated rings. The zero-order valence-corrected chi connectivity index (χ0v) is 10.5. The van der Waals surface area contributed by atoms with Gasteiger partial charge in [0.2, 0.25) is 5.91 Å². The first-order valence-corrected chi connectivity index (χ1v) is 6.52. The van der Waals surface area contributed by atoms with Crippen molar-refractivity contribution in [2.24, 2.45) is 28.9 Å². The Morgan fingerprint density at radius 3 is 2.69 bits per heavy atom. The van der Waals surface area contributed by atoms with Gasteiger partial charge in [0.1, 0.15) is 0 Å². The average molecular weight is 224 g/mol. The predicted octanol–water partition coefficient (Wildman–Crippen LogP) is 1.52. The maximum absolute atomic E-state index is 12.0. The van der Waals surface area contributed by atoms with E-state index in [1.54, 1.807) is 0 Å². The standard InChI is InChI=1S/C13H24N2O/c1-13(2)6-10(13)8-15-12(16)11-5-3-4-9(11)7-14/h9-11H,3-8,14H2,1-2H3,(H,15,16). The Kier molecular flexibility index (Phi) is 3.24. The van der Waals surface area contributed by atoms with Gasteiger partial charge in [0.25, 0.3) is 0 Å². The van der Waals surface area contributed by atoms with Gasteiger partial charge in [0.15, 0.2) is 0 Å². The molecule has 0 aromatic carbocycles. The van der Waals surface area contributed by atoms with Gasteiger partial charge in [-0.3, -0.25) is 4.79 Å². The lowest BCUT2D eigenvalue weighted by molar-refractivity contribution is -0.126. The number of rotatable bonds is 4. The summed E-state index contributed by atoms with van der Waals surface area (Å²) in [6, 6.07) is 0. The number of carbonyl (C=O) groups is 1. The van der Waals surface area contributed by atoms with Crippen molar-refractivity contribution in [2.45, 2.75) is 39.5 Å². The number of nitrogens with two attached hydrogens (primary N) is 1. The van der Waals surface area contributed by atoms with Crippen LogP contribution in [-0.2, 0) is 4.79 Å². The maximum atomic E-state index is 12.0. The van der Waals surface area contributed by atoms with E-state index in [0.29, 0.717) is 23.8 Å². The van der Waals surface area contributed by atoms with Crippen LogP contribution in [0, 0.1) is 23.2 Å². The van der Waals surface area contributed by atoms with Gasteiger partial charge in [0, 0.05) is 12.5 Å². The first kappa shape index (κ1) is 11.9. The second-order valence-electron chi connectivity index (χ2n) is 6.17. The molecule has 0 spiro atoms. The Morgan fingerprint density at radius 1 is 1.44 bits per heavy atom. The molecule has 3 atom stereocenters. The molecule has 2 aliphatic rings. The summed E-state index contributed by atoms with van der Waals surface area (Å²) in [5.74, 6) is 1.55. The Balaban J connectivity index is 1.75. The van der Waals surface area contributed by atoms with Gasteiger partial charge >= 0.3 is 0 Å². The summed E-state index contributed by atoms with van der Waals surface area (Å²) in [4.78, 5) is 12.0. The topological polar surface area (TPSA) is 55.1 Å². The molecule has 0 heterocycles. The number of amides is 1. The molecule has 16 heavy (non-hydrogen) atoms. The molecule has 0 bridgehead atoms. The highest BCUT2D eigenvalue weighted by molar-refractivity contribution is 5.79. The van der Waals surface area contributed by atoms with Gasteiger partial charge in [-0.1, -0.05) is 20.3 Å². The van der Waals surface area contributed by atoms with Crippen molar-refractivity contribution < 1.29 is 4.79 Å². The van der Waals surface area contributed by atoms with E-state index in [2.05, 4.69) is 19.2 Å². The van der Waals surface area contributed by atoms with Crippen molar-refractivity contribution in [1.29, 1.82) is 0 Å². The average Bonchev–Trinajstić information content (AvgIpc) is 2.68. The highest BCUT2D eigenvalue weighted by Crippen LogP contribution is 2.51. The quantitative estimate of drug-likeness (QED) is 0.761. The van der Waals surface area contributed by atoms with E-state index in [1.807, 2.05) is 0 Å². The number of hydrogen-bond acceptors (Lipinski definition) is 2. The molecule has 2 saturated carbocycles. The first-order valence-electron chi connectivity index (χ1n) is 6.52. The van der Waals surface area contributed by atoms with Crippen molar-refractivity contribution in [3.05, 3.63) is 0 Å². The molecule has 0 aliphatic heterocycles. The monoisotopic (exact) mass is 224 g/mol. The van der Waals surface area contributed by atoms with Crippen molar-refractivity contribution in [3.63, 3.8) is 0 Å². The molecule has 2 aliphatic carbocycles. The van der Waals surface area contributed by atoms with E-state index in [9.17, 15) is 4.79 Å². The summed E-state index contributed by atoms with van der Waals surface area (Å²) < 4.78 is 0. The molecule has 1 amide bonds. The molecule has 92 valence electrons. The van der Waals surface area contributed by atoms with Crippen LogP contribution in [0.5, 0.6) is 0 Å². The fourth-order valence-electron chi connectivity index (χ4n) is 2.94. The SMILES string of the molecule is CC1(C)CC1CNC(=O)C1CCCC1CN. The predicted molar refractivity (Wildman–Crippen MR) is 64.8 cm³/mol. The zero-order valence-electron chi connectivity index (χ0n) is 10.5. The third kappa shape index (κ3) is 2.40. The van der Waals surface area contributed by atoms with Crippen LogP contribution in [-0.4, -0.2) is 19.0 Å². The molecule has 0 saturated heterocycles. The molecule has 3 heteroatoms. The van der Waals surface area contributed by atoms with Crippen LogP contribution < -0.4 is 11.1 Å². The van der Waals surface area contributed by atoms with Crippen molar-refractivity contribution in [1.82, 2.24) is 5.32 Å². The smallest absolute Gasteiger partial charge is 0.223 e. The molecular formula is C13H24N2O. The Labute approximate surface area is 98.2 Å². The van der Waals surface area contributed by atoms with Gasteiger partial charge in [-0.2, -0.15) is 0 Å². The van der Waals surface area contributed by atoms with Crippen LogP contribution in [0.25, 0.3) is 0 Å². The lowest BCUT2D eigenvalue weighted by Crippen LogP contribution is -2.36. The highest BCUT2D eigenvalue weighted by atomic mass is 16.1. The lowest BCUT2D eigenvalue weighted by atomic mass is 9.95. The fraction of sp³-hybridized carbons (Fsp3) is 0.923. The van der Waals surface area contributed by atoms with Crippen molar-refractivity contribution >= 4 is 5.91 Å². The largest absolute Gasteiger partial charge is 0.356 e. The summed E-state index contributed by atoms with van der Waals surface area (Å²) in [5, 5.41) is 3.11. The van der Waals surface area contributed by atoms with Crippen LogP contribution in [0.1, 0.15) is 39.5 Å². The molecule has 0 radical (unpaired) electrons. The summed E-state index contributed by atoms with van der Waals surface area (Å²) >= 11 is 0. The highest BCUT2D eigenvalue weighted by Gasteiger charge is 2.45. The van der Waals surface area contributed by atoms with E-state index >= 15 is 0 Å². The van der Waals surface area contributed by atoms with E-state index in [-0.39, 0.29) is 11.8 Å². The van der Waals surface area contributed by atoms with E-state index in [0.717, 1.165) is 25.8 Å². The van der Waals surface area contributed by atoms with Gasteiger partial charge in [-0.15, -0.1) is 0 Å². The molecule has 3 nitrogen and oxygen atoms in total. The molecule has 2 rings (SSSR count).